The average Bonchev–Trinajstić information content (AvgIpc) is 3.47. The molecule has 0 bridgehead atoms. The second-order valence-corrected chi connectivity index (χ2v) is 12.4. The van der Waals surface area contributed by atoms with Crippen molar-refractivity contribution in [2.24, 2.45) is 32.9 Å². The lowest BCUT2D eigenvalue weighted by molar-refractivity contribution is -0.137. The molecule has 234 valence electrons. The molecule has 0 spiro atoms. The number of amides is 2. The minimum absolute atomic E-state index is 0.0745. The molecule has 1 aromatic carbocycles. The van der Waals surface area contributed by atoms with Crippen molar-refractivity contribution in [3.05, 3.63) is 35.7 Å². The van der Waals surface area contributed by atoms with E-state index in [2.05, 4.69) is 21.4 Å². The zero-order valence-corrected chi connectivity index (χ0v) is 25.0. The zero-order chi connectivity index (χ0) is 30.4. The highest BCUT2D eigenvalue weighted by Gasteiger charge is 2.41. The van der Waals surface area contributed by atoms with Gasteiger partial charge in [0.1, 0.15) is 5.69 Å². The number of benzene rings is 1. The summed E-state index contributed by atoms with van der Waals surface area (Å²) in [4.78, 5) is 37.3. The quantitative estimate of drug-likeness (QED) is 0.118. The highest BCUT2D eigenvalue weighted by Crippen LogP contribution is 2.39. The minimum atomic E-state index is -0.666. The average molecular weight is 594 g/mol. The monoisotopic (exact) mass is 593 g/mol. The second kappa shape index (κ2) is 13.8. The SMILES string of the molecule is NC(N)=NCCCNC1CCC(N(C=O)/C=C2/Oc3ccc(C4CCN(C(=O)C5(N)CCCC5)CC4)cc3N=C2N)CC1. The molecule has 1 aromatic rings. The fourth-order valence-electron chi connectivity index (χ4n) is 6.89. The van der Waals surface area contributed by atoms with Gasteiger partial charge >= 0.3 is 0 Å². The van der Waals surface area contributed by atoms with Crippen LogP contribution >= 0.6 is 0 Å². The van der Waals surface area contributed by atoms with Gasteiger partial charge in [0.05, 0.1) is 11.7 Å². The predicted molar refractivity (Wildman–Crippen MR) is 168 cm³/mol. The maximum Gasteiger partial charge on any atom is 0.242 e. The predicted octanol–water partition coefficient (Wildman–Crippen LogP) is 1.91. The number of nitrogens with one attached hydrogen (secondary N) is 1. The number of hydrogen-bond donors (Lipinski definition) is 5. The molecule has 4 aliphatic rings. The topological polar surface area (TPSA) is 191 Å². The second-order valence-electron chi connectivity index (χ2n) is 12.4. The van der Waals surface area contributed by atoms with Gasteiger partial charge < -0.3 is 42.8 Å². The van der Waals surface area contributed by atoms with Crippen LogP contribution in [0.15, 0.2) is 40.1 Å². The minimum Gasteiger partial charge on any atom is -0.450 e. The Hall–Kier alpha value is -3.64. The fourth-order valence-corrected chi connectivity index (χ4v) is 6.89. The smallest absolute Gasteiger partial charge is 0.242 e. The maximum absolute atomic E-state index is 13.0. The van der Waals surface area contributed by atoms with Crippen LogP contribution in [0.3, 0.4) is 0 Å². The number of nitrogens with zero attached hydrogens (tertiary/aromatic N) is 4. The van der Waals surface area contributed by atoms with Crippen molar-refractivity contribution in [2.75, 3.05) is 26.2 Å². The van der Waals surface area contributed by atoms with Crippen molar-refractivity contribution in [2.45, 2.75) is 94.2 Å². The number of carbonyl (C=O) groups excluding carboxylic acids is 2. The number of fused-ring (bicyclic) bond motifs is 1. The lowest BCUT2D eigenvalue weighted by atomic mass is 9.87. The zero-order valence-electron chi connectivity index (χ0n) is 25.0. The molecule has 0 radical (unpaired) electrons. The van der Waals surface area contributed by atoms with Crippen LogP contribution in [0.4, 0.5) is 5.69 Å². The molecule has 0 aromatic heterocycles. The van der Waals surface area contributed by atoms with Gasteiger partial charge in [0.15, 0.2) is 23.3 Å². The molecule has 2 aliphatic carbocycles. The third-order valence-corrected chi connectivity index (χ3v) is 9.44. The number of hydrogen-bond acceptors (Lipinski definition) is 8. The van der Waals surface area contributed by atoms with Crippen LogP contribution in [0.2, 0.25) is 0 Å². The Kier molecular flexibility index (Phi) is 9.86. The van der Waals surface area contributed by atoms with Gasteiger partial charge in [0.2, 0.25) is 12.3 Å². The molecule has 43 heavy (non-hydrogen) atoms. The Morgan fingerprint density at radius 2 is 1.86 bits per heavy atom. The van der Waals surface area contributed by atoms with Gasteiger partial charge in [-0.2, -0.15) is 0 Å². The number of rotatable bonds is 10. The summed E-state index contributed by atoms with van der Waals surface area (Å²) in [5, 5.41) is 3.56. The summed E-state index contributed by atoms with van der Waals surface area (Å²) < 4.78 is 6.14. The Bertz CT molecular complexity index is 1240. The number of amidine groups is 1. The largest absolute Gasteiger partial charge is 0.450 e. The van der Waals surface area contributed by atoms with E-state index in [0.717, 1.165) is 89.1 Å². The lowest BCUT2D eigenvalue weighted by Gasteiger charge is -2.37. The lowest BCUT2D eigenvalue weighted by Crippen LogP contribution is -2.55. The molecule has 2 aliphatic heterocycles. The first-order valence-electron chi connectivity index (χ1n) is 15.7. The number of carbonyl (C=O) groups is 2. The van der Waals surface area contributed by atoms with Gasteiger partial charge in [-0.1, -0.05) is 18.9 Å². The molecule has 3 fully saturated rings. The number of likely N-dealkylation sites (tertiary alicyclic amines) is 1. The van der Waals surface area contributed by atoms with Crippen LogP contribution in [-0.2, 0) is 9.59 Å². The van der Waals surface area contributed by atoms with Crippen LogP contribution in [0, 0.1) is 0 Å². The van der Waals surface area contributed by atoms with Gasteiger partial charge in [-0.25, -0.2) is 4.99 Å². The summed E-state index contributed by atoms with van der Waals surface area (Å²) in [5.74, 6) is 1.80. The highest BCUT2D eigenvalue weighted by atomic mass is 16.5. The van der Waals surface area contributed by atoms with E-state index < -0.39 is 5.54 Å². The molecule has 12 nitrogen and oxygen atoms in total. The van der Waals surface area contributed by atoms with Crippen molar-refractivity contribution in [1.82, 2.24) is 15.1 Å². The van der Waals surface area contributed by atoms with Crippen molar-refractivity contribution < 1.29 is 14.3 Å². The van der Waals surface area contributed by atoms with E-state index in [9.17, 15) is 9.59 Å². The molecule has 0 atom stereocenters. The Morgan fingerprint density at radius 3 is 2.53 bits per heavy atom. The van der Waals surface area contributed by atoms with Crippen molar-refractivity contribution >= 4 is 29.8 Å². The fraction of sp³-hybridized carbons (Fsp3) is 0.613. The number of guanidine groups is 1. The summed E-state index contributed by atoms with van der Waals surface area (Å²) in [6.07, 6.45) is 12.5. The van der Waals surface area contributed by atoms with Crippen LogP contribution < -0.4 is 33.0 Å². The van der Waals surface area contributed by atoms with E-state index >= 15 is 0 Å². The Morgan fingerprint density at radius 1 is 1.14 bits per heavy atom. The summed E-state index contributed by atoms with van der Waals surface area (Å²) in [6.45, 7) is 2.89. The number of ether oxygens (including phenoxy) is 1. The molecule has 0 unspecified atom stereocenters. The van der Waals surface area contributed by atoms with Gasteiger partial charge in [-0.05, 0) is 87.9 Å². The van der Waals surface area contributed by atoms with Gasteiger partial charge in [0, 0.05) is 31.7 Å². The van der Waals surface area contributed by atoms with E-state index in [1.807, 2.05) is 17.0 Å². The summed E-state index contributed by atoms with van der Waals surface area (Å²) in [7, 11) is 0. The number of aliphatic imine (C=N–C) groups is 2. The van der Waals surface area contributed by atoms with Gasteiger partial charge in [0.25, 0.3) is 0 Å². The molecule has 2 heterocycles. The van der Waals surface area contributed by atoms with Crippen LogP contribution in [0.1, 0.15) is 82.1 Å². The van der Waals surface area contributed by atoms with Crippen LogP contribution in [-0.4, -0.2) is 77.7 Å². The van der Waals surface area contributed by atoms with Crippen LogP contribution in [0.25, 0.3) is 0 Å². The first kappa shape index (κ1) is 30.8. The van der Waals surface area contributed by atoms with Gasteiger partial charge in [-0.15, -0.1) is 0 Å². The third kappa shape index (κ3) is 7.48. The van der Waals surface area contributed by atoms with Crippen molar-refractivity contribution in [3.8, 4) is 5.75 Å². The first-order valence-corrected chi connectivity index (χ1v) is 15.7. The molecule has 9 N–H and O–H groups in total. The molecule has 1 saturated heterocycles. The summed E-state index contributed by atoms with van der Waals surface area (Å²) in [6, 6.07) is 6.51. The van der Waals surface area contributed by atoms with E-state index in [4.69, 9.17) is 27.7 Å². The van der Waals surface area contributed by atoms with Crippen LogP contribution in [0.5, 0.6) is 5.75 Å². The van der Waals surface area contributed by atoms with Gasteiger partial charge in [-0.3, -0.25) is 14.6 Å². The summed E-state index contributed by atoms with van der Waals surface area (Å²) >= 11 is 0. The Labute approximate surface area is 253 Å². The number of nitrogens with two attached hydrogens (primary N) is 4. The summed E-state index contributed by atoms with van der Waals surface area (Å²) in [5.41, 5.74) is 24.7. The molecule has 5 rings (SSSR count). The maximum atomic E-state index is 13.0. The molecular weight excluding hydrogens is 546 g/mol. The highest BCUT2D eigenvalue weighted by molar-refractivity contribution is 5.99. The van der Waals surface area contributed by atoms with E-state index in [0.29, 0.717) is 48.8 Å². The molecular formula is C31H47N9O3. The molecule has 2 saturated carbocycles. The molecule has 2 amide bonds. The van der Waals surface area contributed by atoms with Crippen molar-refractivity contribution in [3.63, 3.8) is 0 Å². The van der Waals surface area contributed by atoms with Crippen molar-refractivity contribution in [1.29, 1.82) is 0 Å². The van der Waals surface area contributed by atoms with E-state index in [1.54, 1.807) is 11.1 Å². The molecule has 12 heteroatoms. The van der Waals surface area contributed by atoms with E-state index in [1.165, 1.54) is 0 Å². The Balaban J connectivity index is 1.14. The first-order chi connectivity index (χ1) is 20.8. The normalized spacial score (nSPS) is 24.5. The van der Waals surface area contributed by atoms with E-state index in [-0.39, 0.29) is 23.7 Å². The number of piperidine rings is 1. The third-order valence-electron chi connectivity index (χ3n) is 9.44. The standard InChI is InChI=1S/C31H47N9O3/c32-28-27(19-40(20-41)24-7-5-23(6-8-24)36-14-3-15-37-30(33)34)43-26-9-4-22(18-25(26)38-28)21-10-16-39(17-11-21)29(42)31(35)12-1-2-13-31/h4,9,18-21,23-24,36H,1-3,5-8,10-17,35H2,(H2,32,38)(H4,33,34,37)/b27-19+.